The maximum absolute atomic E-state index is 12.5. The van der Waals surface area contributed by atoms with Crippen molar-refractivity contribution in [2.24, 2.45) is 5.73 Å². The molecule has 0 aliphatic heterocycles. The molecular formula is C14H12N2O4. The van der Waals surface area contributed by atoms with Crippen LogP contribution < -0.4 is 11.5 Å². The fourth-order valence-electron chi connectivity index (χ4n) is 2.62. The van der Waals surface area contributed by atoms with Gasteiger partial charge in [0.25, 0.3) is 0 Å². The van der Waals surface area contributed by atoms with Gasteiger partial charge in [-0.15, -0.1) is 0 Å². The second-order valence-corrected chi connectivity index (χ2v) is 4.85. The Morgan fingerprint density at radius 3 is 2.60 bits per heavy atom. The summed E-state index contributed by atoms with van der Waals surface area (Å²) in [6.07, 6.45) is 0.977. The van der Waals surface area contributed by atoms with Gasteiger partial charge in [0.05, 0.1) is 11.1 Å². The summed E-state index contributed by atoms with van der Waals surface area (Å²) in [5.41, 5.74) is 9.06. The molecule has 0 aromatic heterocycles. The minimum atomic E-state index is -2.08. The largest absolute Gasteiger partial charge is 0.398 e. The number of Topliss-reactive ketones (excluding diaryl/α,β-unsaturated/α-hetero) is 2. The highest BCUT2D eigenvalue weighted by Gasteiger charge is 2.45. The molecule has 2 aliphatic rings. The van der Waals surface area contributed by atoms with Crippen molar-refractivity contribution in [1.29, 1.82) is 0 Å². The van der Waals surface area contributed by atoms with Crippen LogP contribution in [-0.4, -0.2) is 33.6 Å². The van der Waals surface area contributed by atoms with E-state index in [0.717, 1.165) is 6.08 Å². The van der Waals surface area contributed by atoms with Gasteiger partial charge in [-0.1, -0.05) is 18.2 Å². The van der Waals surface area contributed by atoms with Crippen LogP contribution in [-0.2, 0) is 0 Å². The van der Waals surface area contributed by atoms with E-state index in [2.05, 4.69) is 0 Å². The van der Waals surface area contributed by atoms with E-state index in [0.29, 0.717) is 0 Å². The van der Waals surface area contributed by atoms with Crippen molar-refractivity contribution in [1.82, 2.24) is 0 Å². The van der Waals surface area contributed by atoms with Crippen molar-refractivity contribution in [3.8, 4) is 0 Å². The van der Waals surface area contributed by atoms with Gasteiger partial charge in [-0.05, 0) is 12.1 Å². The molecule has 0 bridgehead atoms. The topological polar surface area (TPSA) is 127 Å². The lowest BCUT2D eigenvalue weighted by molar-refractivity contribution is 0.0816. The van der Waals surface area contributed by atoms with Crippen LogP contribution in [0.25, 0.3) is 0 Å². The second kappa shape index (κ2) is 3.86. The maximum Gasteiger partial charge on any atom is 0.195 e. The molecule has 1 aromatic carbocycles. The van der Waals surface area contributed by atoms with Crippen LogP contribution in [0.3, 0.4) is 0 Å². The lowest BCUT2D eigenvalue weighted by Crippen LogP contribution is -2.49. The van der Waals surface area contributed by atoms with Crippen molar-refractivity contribution < 1.29 is 19.8 Å². The summed E-state index contributed by atoms with van der Waals surface area (Å²) >= 11 is 0. The lowest BCUT2D eigenvalue weighted by atomic mass is 9.75. The van der Waals surface area contributed by atoms with Crippen LogP contribution in [0.4, 0.5) is 5.69 Å². The maximum atomic E-state index is 12.5. The zero-order valence-corrected chi connectivity index (χ0v) is 10.3. The smallest absolute Gasteiger partial charge is 0.195 e. The van der Waals surface area contributed by atoms with Crippen molar-refractivity contribution in [2.75, 3.05) is 5.73 Å². The fraction of sp³-hybridized carbons (Fsp3) is 0.143. The van der Waals surface area contributed by atoms with E-state index >= 15 is 0 Å². The van der Waals surface area contributed by atoms with Gasteiger partial charge in [0.15, 0.2) is 17.3 Å². The number of nitrogens with two attached hydrogens (primary N) is 2. The summed E-state index contributed by atoms with van der Waals surface area (Å²) in [4.78, 5) is 24.9. The Labute approximate surface area is 114 Å². The van der Waals surface area contributed by atoms with Gasteiger partial charge in [0.2, 0.25) is 0 Å². The predicted octanol–water partition coefficient (Wildman–Crippen LogP) is -0.478. The highest BCUT2D eigenvalue weighted by atomic mass is 16.3. The van der Waals surface area contributed by atoms with Gasteiger partial charge >= 0.3 is 0 Å². The van der Waals surface area contributed by atoms with Crippen LogP contribution >= 0.6 is 0 Å². The quantitative estimate of drug-likeness (QED) is 0.287. The molecule has 0 radical (unpaired) electrons. The van der Waals surface area contributed by atoms with Gasteiger partial charge in [-0.2, -0.15) is 0 Å². The Balaban J connectivity index is 2.33. The molecule has 2 aliphatic carbocycles. The number of carbonyl (C=O) groups is 2. The van der Waals surface area contributed by atoms with E-state index in [1.54, 1.807) is 0 Å². The summed E-state index contributed by atoms with van der Waals surface area (Å²) < 4.78 is 0. The Hall–Kier alpha value is -2.28. The summed E-state index contributed by atoms with van der Waals surface area (Å²) in [5, 5.41) is 20.0. The van der Waals surface area contributed by atoms with Gasteiger partial charge in [-0.25, -0.2) is 0 Å². The molecule has 6 nitrogen and oxygen atoms in total. The molecule has 6 heteroatoms. The second-order valence-electron chi connectivity index (χ2n) is 4.85. The molecule has 0 spiro atoms. The first-order valence-corrected chi connectivity index (χ1v) is 5.96. The Bertz CT molecular complexity index is 716. The first-order valence-electron chi connectivity index (χ1n) is 5.96. The minimum absolute atomic E-state index is 0.0430. The predicted molar refractivity (Wildman–Crippen MR) is 70.8 cm³/mol. The molecule has 0 saturated heterocycles. The standard InChI is InChI=1S/C14H12N2O4/c15-7-3-1-2-6-9(7)13(19)10-8(17)4-5-14(16,20)11(10)12(6)18/h1-5,8,17,20H,15-16H2. The number of anilines is 1. The third-order valence-corrected chi connectivity index (χ3v) is 3.54. The zero-order chi connectivity index (χ0) is 14.7. The first kappa shape index (κ1) is 12.7. The average molecular weight is 272 g/mol. The van der Waals surface area contributed by atoms with E-state index in [-0.39, 0.29) is 28.0 Å². The van der Waals surface area contributed by atoms with E-state index < -0.39 is 23.4 Å². The van der Waals surface area contributed by atoms with E-state index in [4.69, 9.17) is 11.5 Å². The number of aliphatic hydroxyl groups is 2. The minimum Gasteiger partial charge on any atom is -0.398 e. The van der Waals surface area contributed by atoms with Gasteiger partial charge in [-0.3, -0.25) is 15.3 Å². The third-order valence-electron chi connectivity index (χ3n) is 3.54. The van der Waals surface area contributed by atoms with E-state index in [9.17, 15) is 19.8 Å². The van der Waals surface area contributed by atoms with Crippen molar-refractivity contribution in [2.45, 2.75) is 11.8 Å². The average Bonchev–Trinajstić information content (AvgIpc) is 2.38. The number of hydrogen-bond acceptors (Lipinski definition) is 6. The number of benzene rings is 1. The molecular weight excluding hydrogens is 260 g/mol. The van der Waals surface area contributed by atoms with Crippen molar-refractivity contribution in [3.05, 3.63) is 52.6 Å². The molecule has 1 aromatic rings. The number of ketones is 2. The molecule has 0 amide bonds. The van der Waals surface area contributed by atoms with Crippen molar-refractivity contribution >= 4 is 17.3 Å². The SMILES string of the molecule is Nc1cccc2c1C(=O)C1=C(C2=O)C(N)(O)C=CC1O. The highest BCUT2D eigenvalue weighted by Crippen LogP contribution is 2.37. The van der Waals surface area contributed by atoms with Gasteiger partial charge in [0.1, 0.15) is 6.10 Å². The third kappa shape index (κ3) is 1.50. The summed E-state index contributed by atoms with van der Waals surface area (Å²) in [7, 11) is 0. The number of hydrogen-bond donors (Lipinski definition) is 4. The van der Waals surface area contributed by atoms with Crippen LogP contribution in [0.1, 0.15) is 20.7 Å². The molecule has 20 heavy (non-hydrogen) atoms. The van der Waals surface area contributed by atoms with E-state index in [1.165, 1.54) is 24.3 Å². The zero-order valence-electron chi connectivity index (χ0n) is 10.3. The molecule has 2 atom stereocenters. The summed E-state index contributed by atoms with van der Waals surface area (Å²) in [6, 6.07) is 4.47. The number of fused-ring (bicyclic) bond motifs is 1. The van der Waals surface area contributed by atoms with Crippen LogP contribution in [0.5, 0.6) is 0 Å². The molecule has 2 unspecified atom stereocenters. The molecule has 102 valence electrons. The molecule has 0 fully saturated rings. The number of nitrogen functional groups attached to an aromatic ring is 1. The highest BCUT2D eigenvalue weighted by molar-refractivity contribution is 6.30. The molecule has 0 saturated carbocycles. The summed E-state index contributed by atoms with van der Waals surface area (Å²) in [6.45, 7) is 0. The number of rotatable bonds is 0. The van der Waals surface area contributed by atoms with Crippen LogP contribution in [0.2, 0.25) is 0 Å². The summed E-state index contributed by atoms with van der Waals surface area (Å²) in [5.74, 6) is -1.19. The van der Waals surface area contributed by atoms with Crippen LogP contribution in [0, 0.1) is 0 Å². The first-order chi connectivity index (χ1) is 9.34. The Morgan fingerprint density at radius 2 is 1.90 bits per heavy atom. The monoisotopic (exact) mass is 272 g/mol. The lowest BCUT2D eigenvalue weighted by Gasteiger charge is -2.33. The number of carbonyl (C=O) groups excluding carboxylic acids is 2. The normalized spacial score (nSPS) is 28.4. The van der Waals surface area contributed by atoms with Crippen molar-refractivity contribution in [3.63, 3.8) is 0 Å². The fourth-order valence-corrected chi connectivity index (χ4v) is 2.62. The molecule has 0 heterocycles. The van der Waals surface area contributed by atoms with Gasteiger partial charge in [0, 0.05) is 16.8 Å². The molecule has 3 rings (SSSR count). The van der Waals surface area contributed by atoms with Gasteiger partial charge < -0.3 is 15.9 Å². The Kier molecular flexibility index (Phi) is 2.46. The van der Waals surface area contributed by atoms with E-state index in [1.807, 2.05) is 0 Å². The molecule has 6 N–H and O–H groups in total. The Morgan fingerprint density at radius 1 is 1.20 bits per heavy atom. The number of aliphatic hydroxyl groups excluding tert-OH is 1. The van der Waals surface area contributed by atoms with Crippen LogP contribution in [0.15, 0.2) is 41.5 Å².